The molecule has 2 heteroatoms. The summed E-state index contributed by atoms with van der Waals surface area (Å²) in [5, 5.41) is 0. The van der Waals surface area contributed by atoms with Gasteiger partial charge in [0.1, 0.15) is 5.75 Å². The van der Waals surface area contributed by atoms with Gasteiger partial charge in [-0.05, 0) is 43.7 Å². The van der Waals surface area contributed by atoms with Gasteiger partial charge in [-0.15, -0.1) is 0 Å². The molecule has 2 aromatic rings. The Hall–Kier alpha value is -1.96. The van der Waals surface area contributed by atoms with Crippen molar-refractivity contribution < 1.29 is 4.74 Å². The first-order chi connectivity index (χ1) is 9.22. The fourth-order valence-electron chi connectivity index (χ4n) is 2.21. The Morgan fingerprint density at radius 2 is 1.79 bits per heavy atom. The van der Waals surface area contributed by atoms with Gasteiger partial charge in [-0.25, -0.2) is 0 Å². The van der Waals surface area contributed by atoms with E-state index in [0.717, 1.165) is 18.8 Å². The number of benzene rings is 2. The van der Waals surface area contributed by atoms with Crippen molar-refractivity contribution in [1.29, 1.82) is 0 Å². The van der Waals surface area contributed by atoms with Crippen LogP contribution in [0.4, 0.5) is 5.69 Å². The summed E-state index contributed by atoms with van der Waals surface area (Å²) in [6.07, 6.45) is 0. The fourth-order valence-corrected chi connectivity index (χ4v) is 2.21. The molecule has 0 saturated heterocycles. The van der Waals surface area contributed by atoms with Gasteiger partial charge >= 0.3 is 0 Å². The van der Waals surface area contributed by atoms with Crippen LogP contribution in [0.25, 0.3) is 0 Å². The number of ether oxygens (including phenoxy) is 1. The molecule has 0 aliphatic carbocycles. The second-order valence-electron chi connectivity index (χ2n) is 4.70. The van der Waals surface area contributed by atoms with Crippen molar-refractivity contribution in [3.63, 3.8) is 0 Å². The van der Waals surface area contributed by atoms with Gasteiger partial charge in [0.15, 0.2) is 0 Å². The molecule has 100 valence electrons. The van der Waals surface area contributed by atoms with E-state index in [1.54, 1.807) is 7.11 Å². The highest BCUT2D eigenvalue weighted by atomic mass is 16.5. The summed E-state index contributed by atoms with van der Waals surface area (Å²) in [5.41, 5.74) is 3.88. The van der Waals surface area contributed by atoms with Crippen molar-refractivity contribution in [2.45, 2.75) is 20.4 Å². The molecule has 19 heavy (non-hydrogen) atoms. The van der Waals surface area contributed by atoms with E-state index >= 15 is 0 Å². The fraction of sp³-hybridized carbons (Fsp3) is 0.294. The first kappa shape index (κ1) is 13.5. The topological polar surface area (TPSA) is 12.5 Å². The zero-order valence-electron chi connectivity index (χ0n) is 11.9. The number of methoxy groups -OCH3 is 1. The number of anilines is 1. The van der Waals surface area contributed by atoms with Crippen molar-refractivity contribution >= 4 is 5.69 Å². The first-order valence-corrected chi connectivity index (χ1v) is 6.67. The van der Waals surface area contributed by atoms with Crippen LogP contribution < -0.4 is 9.64 Å². The molecular formula is C17H21NO. The molecule has 0 aliphatic heterocycles. The van der Waals surface area contributed by atoms with Crippen molar-refractivity contribution in [3.8, 4) is 5.75 Å². The normalized spacial score (nSPS) is 10.3. The van der Waals surface area contributed by atoms with Crippen molar-refractivity contribution in [3.05, 3.63) is 59.7 Å². The second-order valence-corrected chi connectivity index (χ2v) is 4.70. The highest BCUT2D eigenvalue weighted by molar-refractivity contribution is 5.49. The Labute approximate surface area is 115 Å². The van der Waals surface area contributed by atoms with Crippen LogP contribution in [0.1, 0.15) is 18.1 Å². The van der Waals surface area contributed by atoms with Crippen LogP contribution >= 0.6 is 0 Å². The van der Waals surface area contributed by atoms with Crippen LogP contribution in [0, 0.1) is 6.92 Å². The van der Waals surface area contributed by atoms with Crippen molar-refractivity contribution in [1.82, 2.24) is 0 Å². The van der Waals surface area contributed by atoms with E-state index in [1.807, 2.05) is 12.1 Å². The summed E-state index contributed by atoms with van der Waals surface area (Å²) < 4.78 is 5.20. The van der Waals surface area contributed by atoms with E-state index in [4.69, 9.17) is 4.74 Å². The smallest absolute Gasteiger partial charge is 0.119 e. The molecule has 0 aliphatic rings. The third kappa shape index (κ3) is 3.50. The molecule has 0 fully saturated rings. The van der Waals surface area contributed by atoms with Gasteiger partial charge in [0.25, 0.3) is 0 Å². The number of nitrogens with zero attached hydrogens (tertiary/aromatic N) is 1. The van der Waals surface area contributed by atoms with Crippen LogP contribution in [0.15, 0.2) is 48.5 Å². The standard InChI is InChI=1S/C17H21NO/c1-4-18(13-15-7-5-6-14(2)12-15)16-8-10-17(19-3)11-9-16/h5-12H,4,13H2,1-3H3. The number of aryl methyl sites for hydroxylation is 1. The Morgan fingerprint density at radius 1 is 1.05 bits per heavy atom. The maximum atomic E-state index is 5.20. The van der Waals surface area contributed by atoms with E-state index in [-0.39, 0.29) is 0 Å². The highest BCUT2D eigenvalue weighted by Gasteiger charge is 2.05. The second kappa shape index (κ2) is 6.28. The summed E-state index contributed by atoms with van der Waals surface area (Å²) in [7, 11) is 1.69. The average Bonchev–Trinajstić information content (AvgIpc) is 2.45. The van der Waals surface area contributed by atoms with E-state index < -0.39 is 0 Å². The summed E-state index contributed by atoms with van der Waals surface area (Å²) in [4.78, 5) is 2.36. The van der Waals surface area contributed by atoms with Crippen molar-refractivity contribution in [2.24, 2.45) is 0 Å². The third-order valence-electron chi connectivity index (χ3n) is 3.28. The number of rotatable bonds is 5. The van der Waals surface area contributed by atoms with E-state index in [1.165, 1.54) is 16.8 Å². The SMILES string of the molecule is CCN(Cc1cccc(C)c1)c1ccc(OC)cc1. The van der Waals surface area contributed by atoms with E-state index in [2.05, 4.69) is 55.1 Å². The largest absolute Gasteiger partial charge is 0.497 e. The van der Waals surface area contributed by atoms with Crippen LogP contribution in [-0.2, 0) is 6.54 Å². The molecule has 0 radical (unpaired) electrons. The Kier molecular flexibility index (Phi) is 4.45. The predicted octanol–water partition coefficient (Wildman–Crippen LogP) is 4.03. The summed E-state index contributed by atoms with van der Waals surface area (Å²) in [6, 6.07) is 16.9. The lowest BCUT2D eigenvalue weighted by atomic mass is 10.1. The van der Waals surface area contributed by atoms with Gasteiger partial charge in [0.05, 0.1) is 7.11 Å². The van der Waals surface area contributed by atoms with E-state index in [9.17, 15) is 0 Å². The van der Waals surface area contributed by atoms with Crippen LogP contribution in [0.3, 0.4) is 0 Å². The van der Waals surface area contributed by atoms with Gasteiger partial charge in [0.2, 0.25) is 0 Å². The molecule has 2 nitrogen and oxygen atoms in total. The predicted molar refractivity (Wildman–Crippen MR) is 80.9 cm³/mol. The zero-order chi connectivity index (χ0) is 13.7. The minimum atomic E-state index is 0.898. The van der Waals surface area contributed by atoms with Crippen LogP contribution in [0.5, 0.6) is 5.75 Å². The molecular weight excluding hydrogens is 234 g/mol. The third-order valence-corrected chi connectivity index (χ3v) is 3.28. The van der Waals surface area contributed by atoms with Crippen LogP contribution in [-0.4, -0.2) is 13.7 Å². The first-order valence-electron chi connectivity index (χ1n) is 6.67. The quantitative estimate of drug-likeness (QED) is 0.799. The molecule has 0 bridgehead atoms. The van der Waals surface area contributed by atoms with Crippen LogP contribution in [0.2, 0.25) is 0 Å². The van der Waals surface area contributed by atoms with Gasteiger partial charge < -0.3 is 9.64 Å². The minimum Gasteiger partial charge on any atom is -0.497 e. The van der Waals surface area contributed by atoms with Gasteiger partial charge in [-0.1, -0.05) is 29.8 Å². The molecule has 0 spiro atoms. The lowest BCUT2D eigenvalue weighted by molar-refractivity contribution is 0.415. The van der Waals surface area contributed by atoms with Crippen molar-refractivity contribution in [2.75, 3.05) is 18.6 Å². The molecule has 0 aromatic heterocycles. The monoisotopic (exact) mass is 255 g/mol. The molecule has 0 amide bonds. The number of hydrogen-bond acceptors (Lipinski definition) is 2. The molecule has 0 heterocycles. The molecule has 2 rings (SSSR count). The Bertz CT molecular complexity index is 519. The summed E-state index contributed by atoms with van der Waals surface area (Å²) >= 11 is 0. The summed E-state index contributed by atoms with van der Waals surface area (Å²) in [5.74, 6) is 0.898. The zero-order valence-corrected chi connectivity index (χ0v) is 11.9. The van der Waals surface area contributed by atoms with Gasteiger partial charge in [-0.2, -0.15) is 0 Å². The molecule has 0 atom stereocenters. The molecule has 2 aromatic carbocycles. The highest BCUT2D eigenvalue weighted by Crippen LogP contribution is 2.21. The maximum Gasteiger partial charge on any atom is 0.119 e. The molecule has 0 unspecified atom stereocenters. The maximum absolute atomic E-state index is 5.20. The Balaban J connectivity index is 2.15. The molecule has 0 saturated carbocycles. The lowest BCUT2D eigenvalue weighted by Crippen LogP contribution is -2.21. The summed E-state index contributed by atoms with van der Waals surface area (Å²) in [6.45, 7) is 6.23. The average molecular weight is 255 g/mol. The Morgan fingerprint density at radius 3 is 2.37 bits per heavy atom. The minimum absolute atomic E-state index is 0.898. The number of hydrogen-bond donors (Lipinski definition) is 0. The van der Waals surface area contributed by atoms with Gasteiger partial charge in [0, 0.05) is 18.8 Å². The lowest BCUT2D eigenvalue weighted by Gasteiger charge is -2.23. The van der Waals surface area contributed by atoms with E-state index in [0.29, 0.717) is 0 Å². The molecule has 0 N–H and O–H groups in total. The van der Waals surface area contributed by atoms with Gasteiger partial charge in [-0.3, -0.25) is 0 Å².